The molecule has 35 heavy (non-hydrogen) atoms. The van der Waals surface area contributed by atoms with E-state index in [2.05, 4.69) is 4.90 Å². The van der Waals surface area contributed by atoms with Crippen molar-refractivity contribution in [3.63, 3.8) is 0 Å². The highest BCUT2D eigenvalue weighted by Gasteiger charge is 2.48. The number of likely N-dealkylation sites (tertiary alicyclic amines) is 1. The lowest BCUT2D eigenvalue weighted by molar-refractivity contribution is -0.150. The van der Waals surface area contributed by atoms with Gasteiger partial charge in [-0.25, -0.2) is 10.3 Å². The number of carbonyl (C=O) groups is 3. The van der Waals surface area contributed by atoms with Crippen molar-refractivity contribution in [1.82, 2.24) is 15.3 Å². The molecule has 2 heterocycles. The highest BCUT2D eigenvalue weighted by molar-refractivity contribution is 5.92. The molecule has 4 rings (SSSR count). The van der Waals surface area contributed by atoms with E-state index >= 15 is 0 Å². The maximum absolute atomic E-state index is 13.6. The molecule has 186 valence electrons. The van der Waals surface area contributed by atoms with Crippen LogP contribution in [-0.4, -0.2) is 82.9 Å². The highest BCUT2D eigenvalue weighted by Crippen LogP contribution is 2.30. The fourth-order valence-electron chi connectivity index (χ4n) is 4.84. The van der Waals surface area contributed by atoms with Crippen molar-refractivity contribution in [2.75, 3.05) is 37.6 Å². The van der Waals surface area contributed by atoms with E-state index in [-0.39, 0.29) is 13.0 Å². The summed E-state index contributed by atoms with van der Waals surface area (Å²) in [4.78, 5) is 43.1. The van der Waals surface area contributed by atoms with E-state index in [1.54, 1.807) is 22.5 Å². The summed E-state index contributed by atoms with van der Waals surface area (Å²) in [5, 5.41) is 19.3. The monoisotopic (exact) mass is 482 g/mol. The van der Waals surface area contributed by atoms with E-state index in [9.17, 15) is 24.7 Å². The van der Waals surface area contributed by atoms with Crippen LogP contribution in [0.4, 0.5) is 10.5 Å². The Morgan fingerprint density at radius 2 is 1.63 bits per heavy atom. The first-order valence-corrected chi connectivity index (χ1v) is 11.6. The van der Waals surface area contributed by atoms with Crippen molar-refractivity contribution >= 4 is 23.6 Å². The van der Waals surface area contributed by atoms with Crippen LogP contribution in [0.5, 0.6) is 5.75 Å². The third-order valence-electron chi connectivity index (χ3n) is 6.68. The smallest absolute Gasteiger partial charge is 0.408 e. The maximum Gasteiger partial charge on any atom is 0.408 e. The topological polar surface area (TPSA) is 123 Å². The van der Waals surface area contributed by atoms with E-state index < -0.39 is 36.0 Å². The molecule has 0 aliphatic carbocycles. The van der Waals surface area contributed by atoms with Gasteiger partial charge in [0.05, 0.1) is 12.5 Å². The van der Waals surface area contributed by atoms with Crippen LogP contribution in [-0.2, 0) is 9.59 Å². The lowest BCUT2D eigenvalue weighted by atomic mass is 9.86. The van der Waals surface area contributed by atoms with Gasteiger partial charge in [0, 0.05) is 38.3 Å². The molecule has 2 saturated heterocycles. The Bertz CT molecular complexity index is 1060. The van der Waals surface area contributed by atoms with Gasteiger partial charge >= 0.3 is 6.09 Å². The molecule has 0 unspecified atom stereocenters. The highest BCUT2D eigenvalue weighted by atomic mass is 16.5. The molecular formula is C25H30N4O6. The minimum absolute atomic E-state index is 0.0702. The number of rotatable bonds is 5. The summed E-state index contributed by atoms with van der Waals surface area (Å²) in [5.74, 6) is -1.77. The van der Waals surface area contributed by atoms with E-state index in [1.807, 2.05) is 49.4 Å². The van der Waals surface area contributed by atoms with Crippen LogP contribution in [0.3, 0.4) is 0 Å². The summed E-state index contributed by atoms with van der Waals surface area (Å²) in [5.41, 5.74) is 3.53. The van der Waals surface area contributed by atoms with Crippen LogP contribution in [0.1, 0.15) is 12.0 Å². The zero-order chi connectivity index (χ0) is 24.9. The first-order chi connectivity index (χ1) is 16.9. The molecule has 2 aromatic rings. The number of hydroxylamine groups is 1. The van der Waals surface area contributed by atoms with Gasteiger partial charge in [0.25, 0.3) is 0 Å². The number of anilines is 1. The molecule has 2 aromatic carbocycles. The summed E-state index contributed by atoms with van der Waals surface area (Å²) in [7, 11) is 0. The lowest BCUT2D eigenvalue weighted by Gasteiger charge is -2.44. The lowest BCUT2D eigenvalue weighted by Crippen LogP contribution is -2.64. The Labute approximate surface area is 203 Å². The molecule has 0 saturated carbocycles. The molecule has 0 aromatic heterocycles. The van der Waals surface area contributed by atoms with Crippen LogP contribution in [0.25, 0.3) is 0 Å². The second-order valence-electron chi connectivity index (χ2n) is 8.85. The van der Waals surface area contributed by atoms with Crippen molar-refractivity contribution in [1.29, 1.82) is 0 Å². The average Bonchev–Trinajstić information content (AvgIpc) is 2.89. The van der Waals surface area contributed by atoms with E-state index in [0.717, 1.165) is 16.2 Å². The Hall–Kier alpha value is -3.79. The summed E-state index contributed by atoms with van der Waals surface area (Å²) in [6.45, 7) is 3.77. The van der Waals surface area contributed by atoms with Crippen molar-refractivity contribution in [3.05, 3.63) is 60.2 Å². The number of carbonyl (C=O) groups excluding carboxylic acids is 2. The molecule has 10 heteroatoms. The Kier molecular flexibility index (Phi) is 7.40. The van der Waals surface area contributed by atoms with Gasteiger partial charge in [-0.1, -0.05) is 36.4 Å². The number of amides is 3. The number of hydrogen-bond acceptors (Lipinski definition) is 6. The third-order valence-corrected chi connectivity index (χ3v) is 6.68. The Morgan fingerprint density at radius 1 is 0.971 bits per heavy atom. The minimum Gasteiger partial charge on any atom is -0.488 e. The quantitative estimate of drug-likeness (QED) is 0.440. The van der Waals surface area contributed by atoms with Crippen LogP contribution in [0, 0.1) is 12.8 Å². The number of hydrogen-bond donors (Lipinski definition) is 3. The molecule has 3 N–H and O–H groups in total. The van der Waals surface area contributed by atoms with E-state index in [0.29, 0.717) is 31.9 Å². The van der Waals surface area contributed by atoms with Gasteiger partial charge in [0.1, 0.15) is 17.9 Å². The summed E-state index contributed by atoms with van der Waals surface area (Å²) < 4.78 is 6.03. The predicted octanol–water partition coefficient (Wildman–Crippen LogP) is 1.97. The van der Waals surface area contributed by atoms with Gasteiger partial charge in [-0.15, -0.1) is 0 Å². The normalized spacial score (nSPS) is 22.5. The number of ether oxygens (including phenoxy) is 1. The van der Waals surface area contributed by atoms with Gasteiger partial charge in [-0.3, -0.25) is 19.7 Å². The molecule has 2 aliphatic rings. The number of piperidine rings is 1. The van der Waals surface area contributed by atoms with Gasteiger partial charge in [0.2, 0.25) is 11.8 Å². The SMILES string of the molecule is Cc1ccccc1O[C@H]1C[C@H](C(=O)NO)[C@@H](C(=O)N2CCN(c3ccccc3)CC2)N(C(=O)O)C1. The maximum atomic E-state index is 13.6. The first kappa shape index (κ1) is 24.3. The predicted molar refractivity (Wildman–Crippen MR) is 127 cm³/mol. The molecule has 0 spiro atoms. The zero-order valence-electron chi connectivity index (χ0n) is 19.5. The van der Waals surface area contributed by atoms with Gasteiger partial charge in [0.15, 0.2) is 0 Å². The summed E-state index contributed by atoms with van der Waals surface area (Å²) >= 11 is 0. The van der Waals surface area contributed by atoms with Crippen molar-refractivity contribution < 1.29 is 29.4 Å². The number of para-hydroxylation sites is 2. The molecule has 0 bridgehead atoms. The van der Waals surface area contributed by atoms with Crippen LogP contribution in [0.15, 0.2) is 54.6 Å². The molecule has 0 radical (unpaired) electrons. The largest absolute Gasteiger partial charge is 0.488 e. The fourth-order valence-corrected chi connectivity index (χ4v) is 4.84. The van der Waals surface area contributed by atoms with Gasteiger partial charge in [-0.05, 0) is 30.7 Å². The van der Waals surface area contributed by atoms with Crippen molar-refractivity contribution in [3.8, 4) is 5.75 Å². The summed E-state index contributed by atoms with van der Waals surface area (Å²) in [6, 6.07) is 15.9. The number of aryl methyl sites for hydroxylation is 1. The first-order valence-electron chi connectivity index (χ1n) is 11.6. The van der Waals surface area contributed by atoms with Crippen LogP contribution >= 0.6 is 0 Å². The standard InChI is InChI=1S/C25H30N4O6/c1-17-7-5-6-10-21(17)35-19-15-20(23(30)26-34)22(29(16-19)25(32)33)24(31)28-13-11-27(12-14-28)18-8-3-2-4-9-18/h2-10,19-20,22,34H,11-16H2,1H3,(H,26,30)(H,32,33)/t19-,20-,22-/m0/s1. The van der Waals surface area contributed by atoms with Crippen molar-refractivity contribution in [2.45, 2.75) is 25.5 Å². The molecular weight excluding hydrogens is 452 g/mol. The number of nitrogens with one attached hydrogen (secondary N) is 1. The fraction of sp³-hybridized carbons (Fsp3) is 0.400. The number of benzene rings is 2. The average molecular weight is 483 g/mol. The van der Waals surface area contributed by atoms with E-state index in [4.69, 9.17) is 4.74 Å². The van der Waals surface area contributed by atoms with Crippen LogP contribution in [0.2, 0.25) is 0 Å². The molecule has 10 nitrogen and oxygen atoms in total. The second-order valence-corrected chi connectivity index (χ2v) is 8.85. The Balaban J connectivity index is 1.52. The number of nitrogens with zero attached hydrogens (tertiary/aromatic N) is 3. The van der Waals surface area contributed by atoms with Gasteiger partial charge in [-0.2, -0.15) is 0 Å². The van der Waals surface area contributed by atoms with Crippen LogP contribution < -0.4 is 15.1 Å². The molecule has 3 amide bonds. The van der Waals surface area contributed by atoms with Crippen molar-refractivity contribution in [2.24, 2.45) is 5.92 Å². The minimum atomic E-state index is -1.32. The number of carboxylic acid groups (broad SMARTS) is 1. The zero-order valence-corrected chi connectivity index (χ0v) is 19.5. The molecule has 3 atom stereocenters. The third kappa shape index (κ3) is 5.32. The Morgan fingerprint density at radius 3 is 2.26 bits per heavy atom. The molecule has 2 fully saturated rings. The summed E-state index contributed by atoms with van der Waals surface area (Å²) in [6.07, 6.45) is -1.89. The second kappa shape index (κ2) is 10.6. The van der Waals surface area contributed by atoms with Gasteiger partial charge < -0.3 is 19.6 Å². The van der Waals surface area contributed by atoms with E-state index in [1.165, 1.54) is 0 Å². The number of piperazine rings is 1. The molecule has 2 aliphatic heterocycles.